The van der Waals surface area contributed by atoms with Crippen molar-refractivity contribution >= 4 is 11.8 Å². The summed E-state index contributed by atoms with van der Waals surface area (Å²) in [5, 5.41) is 2.95. The summed E-state index contributed by atoms with van der Waals surface area (Å²) in [6.45, 7) is 1.80. The molecule has 2 fully saturated rings. The standard InChI is InChI=1S/C10H16N2O2/c1-7(13)6-12-9-5-3-2-4-8(9)11-10(12)14/h8-9H,2-6H2,1H3,(H,11,14). The first-order valence-corrected chi connectivity index (χ1v) is 5.25. The fraction of sp³-hybridized carbons (Fsp3) is 0.800. The number of hydrogen-bond donors (Lipinski definition) is 1. The first-order chi connectivity index (χ1) is 6.68. The zero-order valence-electron chi connectivity index (χ0n) is 8.45. The van der Waals surface area contributed by atoms with Crippen LogP contribution < -0.4 is 5.32 Å². The molecule has 14 heavy (non-hydrogen) atoms. The average Bonchev–Trinajstić information content (AvgIpc) is 2.43. The minimum Gasteiger partial charge on any atom is -0.333 e. The number of nitrogens with one attached hydrogen (secondary N) is 1. The summed E-state index contributed by atoms with van der Waals surface area (Å²) < 4.78 is 0. The van der Waals surface area contributed by atoms with E-state index in [1.807, 2.05) is 0 Å². The largest absolute Gasteiger partial charge is 0.333 e. The van der Waals surface area contributed by atoms with E-state index >= 15 is 0 Å². The predicted molar refractivity (Wildman–Crippen MR) is 52.0 cm³/mol. The van der Waals surface area contributed by atoms with Gasteiger partial charge in [0.25, 0.3) is 0 Å². The molecule has 1 aliphatic carbocycles. The van der Waals surface area contributed by atoms with Gasteiger partial charge in [0.15, 0.2) is 0 Å². The van der Waals surface area contributed by atoms with Crippen LogP contribution in [-0.2, 0) is 4.79 Å². The number of hydrogen-bond acceptors (Lipinski definition) is 2. The van der Waals surface area contributed by atoms with E-state index in [1.165, 1.54) is 19.8 Å². The number of amides is 2. The van der Waals surface area contributed by atoms with Crippen LogP contribution in [0, 0.1) is 0 Å². The summed E-state index contributed by atoms with van der Waals surface area (Å²) in [7, 11) is 0. The highest BCUT2D eigenvalue weighted by molar-refractivity contribution is 5.85. The second-order valence-corrected chi connectivity index (χ2v) is 4.24. The maximum Gasteiger partial charge on any atom is 0.318 e. The van der Waals surface area contributed by atoms with Crippen LogP contribution in [-0.4, -0.2) is 35.3 Å². The lowest BCUT2D eigenvalue weighted by molar-refractivity contribution is -0.117. The molecule has 0 spiro atoms. The van der Waals surface area contributed by atoms with Gasteiger partial charge in [-0.1, -0.05) is 12.8 Å². The Balaban J connectivity index is 2.07. The highest BCUT2D eigenvalue weighted by atomic mass is 16.2. The number of ketones is 1. The number of fused-ring (bicyclic) bond motifs is 1. The molecule has 0 radical (unpaired) electrons. The first kappa shape index (κ1) is 9.49. The molecule has 0 bridgehead atoms. The van der Waals surface area contributed by atoms with Crippen molar-refractivity contribution in [3.8, 4) is 0 Å². The zero-order chi connectivity index (χ0) is 10.1. The highest BCUT2D eigenvalue weighted by Gasteiger charge is 2.40. The molecule has 2 rings (SSSR count). The number of urea groups is 1. The van der Waals surface area contributed by atoms with Crippen molar-refractivity contribution in [3.63, 3.8) is 0 Å². The zero-order valence-corrected chi connectivity index (χ0v) is 8.45. The maximum absolute atomic E-state index is 11.5. The third kappa shape index (κ3) is 1.61. The van der Waals surface area contributed by atoms with Crippen molar-refractivity contribution in [1.29, 1.82) is 0 Å². The molecule has 1 N–H and O–H groups in total. The highest BCUT2D eigenvalue weighted by Crippen LogP contribution is 2.27. The van der Waals surface area contributed by atoms with Gasteiger partial charge in [-0.2, -0.15) is 0 Å². The number of Topliss-reactive ketones (excluding diaryl/α,β-unsaturated/α-hetero) is 1. The van der Waals surface area contributed by atoms with Crippen molar-refractivity contribution in [2.75, 3.05) is 6.54 Å². The van der Waals surface area contributed by atoms with Gasteiger partial charge in [-0.15, -0.1) is 0 Å². The minimum absolute atomic E-state index is 0.0582. The van der Waals surface area contributed by atoms with Crippen LogP contribution in [0.2, 0.25) is 0 Å². The van der Waals surface area contributed by atoms with Gasteiger partial charge in [-0.05, 0) is 19.8 Å². The Kier molecular flexibility index (Phi) is 2.44. The molecule has 1 saturated heterocycles. The van der Waals surface area contributed by atoms with Gasteiger partial charge in [0.1, 0.15) is 5.78 Å². The van der Waals surface area contributed by atoms with E-state index in [-0.39, 0.29) is 30.4 Å². The molecule has 0 aromatic rings. The summed E-state index contributed by atoms with van der Waals surface area (Å²) in [5.74, 6) is 0.0615. The van der Waals surface area contributed by atoms with Crippen molar-refractivity contribution in [2.45, 2.75) is 44.7 Å². The Morgan fingerprint density at radius 2 is 2.21 bits per heavy atom. The van der Waals surface area contributed by atoms with Crippen LogP contribution in [0.5, 0.6) is 0 Å². The van der Waals surface area contributed by atoms with Gasteiger partial charge in [0.2, 0.25) is 0 Å². The second kappa shape index (κ2) is 3.59. The lowest BCUT2D eigenvalue weighted by Gasteiger charge is -2.29. The first-order valence-electron chi connectivity index (χ1n) is 5.25. The van der Waals surface area contributed by atoms with Crippen LogP contribution >= 0.6 is 0 Å². The van der Waals surface area contributed by atoms with Gasteiger partial charge in [0, 0.05) is 0 Å². The Bertz CT molecular complexity index is 265. The van der Waals surface area contributed by atoms with E-state index < -0.39 is 0 Å². The Morgan fingerprint density at radius 1 is 1.50 bits per heavy atom. The molecule has 4 nitrogen and oxygen atoms in total. The maximum atomic E-state index is 11.5. The van der Waals surface area contributed by atoms with Crippen molar-refractivity contribution < 1.29 is 9.59 Å². The molecule has 0 aromatic carbocycles. The normalized spacial score (nSPS) is 31.2. The minimum atomic E-state index is -0.0582. The third-order valence-corrected chi connectivity index (χ3v) is 3.09. The summed E-state index contributed by atoms with van der Waals surface area (Å²) >= 11 is 0. The molecule has 2 atom stereocenters. The predicted octanol–water partition coefficient (Wildman–Crippen LogP) is 0.912. The Labute approximate surface area is 83.6 Å². The van der Waals surface area contributed by atoms with E-state index in [1.54, 1.807) is 4.90 Å². The smallest absolute Gasteiger partial charge is 0.318 e. The Hall–Kier alpha value is -1.06. The van der Waals surface area contributed by atoms with E-state index in [2.05, 4.69) is 5.32 Å². The molecule has 2 unspecified atom stereocenters. The molecule has 0 aromatic heterocycles. The van der Waals surface area contributed by atoms with E-state index in [0.29, 0.717) is 0 Å². The molecular formula is C10H16N2O2. The van der Waals surface area contributed by atoms with Crippen LogP contribution in [0.1, 0.15) is 32.6 Å². The van der Waals surface area contributed by atoms with Crippen LogP contribution in [0.25, 0.3) is 0 Å². The molecule has 1 aliphatic heterocycles. The van der Waals surface area contributed by atoms with Crippen LogP contribution in [0.3, 0.4) is 0 Å². The third-order valence-electron chi connectivity index (χ3n) is 3.09. The lowest BCUT2D eigenvalue weighted by atomic mass is 9.91. The molecule has 4 heteroatoms. The number of rotatable bonds is 2. The number of carbonyl (C=O) groups is 2. The van der Waals surface area contributed by atoms with E-state index in [4.69, 9.17) is 0 Å². The monoisotopic (exact) mass is 196 g/mol. The lowest BCUT2D eigenvalue weighted by Crippen LogP contribution is -2.41. The van der Waals surface area contributed by atoms with Crippen molar-refractivity contribution in [1.82, 2.24) is 10.2 Å². The topological polar surface area (TPSA) is 49.4 Å². The summed E-state index contributed by atoms with van der Waals surface area (Å²) in [6.07, 6.45) is 4.46. The average molecular weight is 196 g/mol. The van der Waals surface area contributed by atoms with E-state index in [0.717, 1.165) is 12.8 Å². The molecule has 78 valence electrons. The van der Waals surface area contributed by atoms with Crippen LogP contribution in [0.15, 0.2) is 0 Å². The van der Waals surface area contributed by atoms with E-state index in [9.17, 15) is 9.59 Å². The molecule has 1 saturated carbocycles. The fourth-order valence-corrected chi connectivity index (χ4v) is 2.47. The summed E-state index contributed by atoms with van der Waals surface area (Å²) in [4.78, 5) is 24.2. The molecule has 2 amide bonds. The van der Waals surface area contributed by atoms with Gasteiger partial charge in [-0.25, -0.2) is 4.79 Å². The van der Waals surface area contributed by atoms with Crippen molar-refractivity contribution in [2.24, 2.45) is 0 Å². The summed E-state index contributed by atoms with van der Waals surface area (Å²) in [6, 6.07) is 0.493. The quantitative estimate of drug-likeness (QED) is 0.713. The van der Waals surface area contributed by atoms with Crippen molar-refractivity contribution in [3.05, 3.63) is 0 Å². The second-order valence-electron chi connectivity index (χ2n) is 4.24. The summed E-state index contributed by atoms with van der Waals surface area (Å²) in [5.41, 5.74) is 0. The fourth-order valence-electron chi connectivity index (χ4n) is 2.47. The van der Waals surface area contributed by atoms with Crippen LogP contribution in [0.4, 0.5) is 4.79 Å². The molecular weight excluding hydrogens is 180 g/mol. The van der Waals surface area contributed by atoms with Gasteiger partial charge in [-0.3, -0.25) is 4.79 Å². The Morgan fingerprint density at radius 3 is 2.93 bits per heavy atom. The van der Waals surface area contributed by atoms with Gasteiger partial charge < -0.3 is 10.2 Å². The molecule has 1 heterocycles. The van der Waals surface area contributed by atoms with Gasteiger partial charge >= 0.3 is 6.03 Å². The molecule has 2 aliphatic rings. The number of nitrogens with zero attached hydrogens (tertiary/aromatic N) is 1. The number of carbonyl (C=O) groups excluding carboxylic acids is 2. The SMILES string of the molecule is CC(=O)CN1C(=O)NC2CCCCC21. The van der Waals surface area contributed by atoms with Gasteiger partial charge in [0.05, 0.1) is 18.6 Å².